The molecule has 0 aliphatic rings. The molecule has 0 aromatic heterocycles. The SMILES string of the molecule is CC(C)C[C@H](N)c1cccc(F)c1Cl.Cl. The molecule has 86 valence electrons. The van der Waals surface area contributed by atoms with E-state index >= 15 is 0 Å². The average Bonchev–Trinajstić information content (AvgIpc) is 2.08. The zero-order chi connectivity index (χ0) is 10.7. The number of nitrogens with two attached hydrogens (primary N) is 1. The van der Waals surface area contributed by atoms with Gasteiger partial charge in [0.25, 0.3) is 0 Å². The van der Waals surface area contributed by atoms with E-state index < -0.39 is 5.82 Å². The second kappa shape index (κ2) is 6.31. The van der Waals surface area contributed by atoms with Gasteiger partial charge in [-0.25, -0.2) is 4.39 Å². The molecule has 0 aliphatic carbocycles. The molecule has 1 atom stereocenters. The molecular weight excluding hydrogens is 236 g/mol. The maximum absolute atomic E-state index is 13.1. The molecule has 4 heteroatoms. The average molecular weight is 252 g/mol. The summed E-state index contributed by atoms with van der Waals surface area (Å²) in [6.45, 7) is 4.15. The first-order valence-electron chi connectivity index (χ1n) is 4.72. The van der Waals surface area contributed by atoms with Crippen LogP contribution in [0.1, 0.15) is 31.9 Å². The lowest BCUT2D eigenvalue weighted by atomic mass is 9.98. The third-order valence-corrected chi connectivity index (χ3v) is 2.51. The molecule has 1 rings (SSSR count). The molecule has 0 fully saturated rings. The smallest absolute Gasteiger partial charge is 0.142 e. The first kappa shape index (κ1) is 14.7. The lowest BCUT2D eigenvalue weighted by molar-refractivity contribution is 0.507. The zero-order valence-electron chi connectivity index (χ0n) is 8.84. The minimum absolute atomic E-state index is 0. The fourth-order valence-electron chi connectivity index (χ4n) is 1.44. The Morgan fingerprint density at radius 3 is 2.53 bits per heavy atom. The minimum Gasteiger partial charge on any atom is -0.324 e. The van der Waals surface area contributed by atoms with Crippen molar-refractivity contribution in [3.63, 3.8) is 0 Å². The molecule has 1 nitrogen and oxygen atoms in total. The Hall–Kier alpha value is -0.310. The predicted molar refractivity (Wildman–Crippen MR) is 65.0 cm³/mol. The van der Waals surface area contributed by atoms with Crippen molar-refractivity contribution in [3.8, 4) is 0 Å². The van der Waals surface area contributed by atoms with E-state index in [1.807, 2.05) is 0 Å². The summed E-state index contributed by atoms with van der Waals surface area (Å²) in [6, 6.07) is 4.57. The molecule has 15 heavy (non-hydrogen) atoms. The van der Waals surface area contributed by atoms with Crippen molar-refractivity contribution in [2.24, 2.45) is 11.7 Å². The van der Waals surface area contributed by atoms with Gasteiger partial charge in [0.15, 0.2) is 0 Å². The molecule has 0 unspecified atom stereocenters. The third kappa shape index (κ3) is 3.98. The van der Waals surface area contributed by atoms with Crippen LogP contribution >= 0.6 is 24.0 Å². The van der Waals surface area contributed by atoms with Crippen molar-refractivity contribution < 1.29 is 4.39 Å². The van der Waals surface area contributed by atoms with E-state index in [0.717, 1.165) is 6.42 Å². The molecule has 0 amide bonds. The van der Waals surface area contributed by atoms with Gasteiger partial charge in [0, 0.05) is 6.04 Å². The standard InChI is InChI=1S/C11H15ClFN.ClH/c1-7(2)6-10(14)8-4-3-5-9(13)11(8)12;/h3-5,7,10H,6,14H2,1-2H3;1H/t10-;/m0./s1. The van der Waals surface area contributed by atoms with E-state index in [-0.39, 0.29) is 23.5 Å². The molecule has 2 N–H and O–H groups in total. The van der Waals surface area contributed by atoms with E-state index in [2.05, 4.69) is 13.8 Å². The number of rotatable bonds is 3. The van der Waals surface area contributed by atoms with E-state index in [9.17, 15) is 4.39 Å². The van der Waals surface area contributed by atoms with Crippen LogP contribution in [0.2, 0.25) is 5.02 Å². The van der Waals surface area contributed by atoms with Crippen LogP contribution in [0, 0.1) is 11.7 Å². The van der Waals surface area contributed by atoms with Gasteiger partial charge in [0.05, 0.1) is 5.02 Å². The molecule has 0 bridgehead atoms. The van der Waals surface area contributed by atoms with Crippen molar-refractivity contribution >= 4 is 24.0 Å². The quantitative estimate of drug-likeness (QED) is 0.866. The van der Waals surface area contributed by atoms with Crippen molar-refractivity contribution in [1.82, 2.24) is 0 Å². The van der Waals surface area contributed by atoms with Crippen LogP contribution in [0.4, 0.5) is 4.39 Å². The topological polar surface area (TPSA) is 26.0 Å². The number of halogens is 3. The van der Waals surface area contributed by atoms with Gasteiger partial charge in [-0.15, -0.1) is 12.4 Å². The highest BCUT2D eigenvalue weighted by Crippen LogP contribution is 2.27. The van der Waals surface area contributed by atoms with Gasteiger partial charge in [0.2, 0.25) is 0 Å². The van der Waals surface area contributed by atoms with Gasteiger partial charge in [-0.1, -0.05) is 37.6 Å². The van der Waals surface area contributed by atoms with Crippen LogP contribution in [0.15, 0.2) is 18.2 Å². The van der Waals surface area contributed by atoms with Gasteiger partial charge >= 0.3 is 0 Å². The molecule has 0 aliphatic heterocycles. The van der Waals surface area contributed by atoms with E-state index in [1.54, 1.807) is 12.1 Å². The van der Waals surface area contributed by atoms with Crippen LogP contribution in [0.5, 0.6) is 0 Å². The lowest BCUT2D eigenvalue weighted by Crippen LogP contribution is -2.13. The summed E-state index contributed by atoms with van der Waals surface area (Å²) in [6.07, 6.45) is 0.809. The van der Waals surface area contributed by atoms with Crippen LogP contribution in [0.3, 0.4) is 0 Å². The molecule has 0 radical (unpaired) electrons. The summed E-state index contributed by atoms with van der Waals surface area (Å²) in [5, 5.41) is 0.153. The number of benzene rings is 1. The molecule has 0 saturated carbocycles. The highest BCUT2D eigenvalue weighted by molar-refractivity contribution is 6.31. The minimum atomic E-state index is -0.400. The fraction of sp³-hybridized carbons (Fsp3) is 0.455. The van der Waals surface area contributed by atoms with Crippen LogP contribution < -0.4 is 5.73 Å². The zero-order valence-corrected chi connectivity index (χ0v) is 10.4. The predicted octanol–water partition coefficient (Wildman–Crippen LogP) is 3.95. The fourth-order valence-corrected chi connectivity index (χ4v) is 1.71. The van der Waals surface area contributed by atoms with Gasteiger partial charge in [-0.05, 0) is 24.0 Å². The molecule has 1 aromatic carbocycles. The molecule has 0 spiro atoms. The maximum Gasteiger partial charge on any atom is 0.142 e. The normalized spacial score (nSPS) is 12.4. The maximum atomic E-state index is 13.1. The largest absolute Gasteiger partial charge is 0.324 e. The first-order valence-corrected chi connectivity index (χ1v) is 5.09. The van der Waals surface area contributed by atoms with Gasteiger partial charge in [-0.2, -0.15) is 0 Å². The number of hydrogen-bond donors (Lipinski definition) is 1. The van der Waals surface area contributed by atoms with Gasteiger partial charge < -0.3 is 5.73 Å². The van der Waals surface area contributed by atoms with Crippen molar-refractivity contribution in [3.05, 3.63) is 34.6 Å². The van der Waals surface area contributed by atoms with Gasteiger partial charge in [-0.3, -0.25) is 0 Å². The second-order valence-electron chi connectivity index (χ2n) is 3.88. The Balaban J connectivity index is 0.00000196. The molecule has 0 saturated heterocycles. The van der Waals surface area contributed by atoms with Crippen LogP contribution in [0.25, 0.3) is 0 Å². The van der Waals surface area contributed by atoms with Gasteiger partial charge in [0.1, 0.15) is 5.82 Å². The van der Waals surface area contributed by atoms with Crippen LogP contribution in [-0.2, 0) is 0 Å². The van der Waals surface area contributed by atoms with Crippen molar-refractivity contribution in [2.75, 3.05) is 0 Å². The Kier molecular flexibility index (Phi) is 6.18. The number of hydrogen-bond acceptors (Lipinski definition) is 1. The molecule has 1 aromatic rings. The second-order valence-corrected chi connectivity index (χ2v) is 4.26. The summed E-state index contributed by atoms with van der Waals surface area (Å²) in [4.78, 5) is 0. The summed E-state index contributed by atoms with van der Waals surface area (Å²) in [7, 11) is 0. The monoisotopic (exact) mass is 251 g/mol. The van der Waals surface area contributed by atoms with Crippen LogP contribution in [-0.4, -0.2) is 0 Å². The van der Waals surface area contributed by atoms with Crippen molar-refractivity contribution in [2.45, 2.75) is 26.3 Å². The Morgan fingerprint density at radius 2 is 2.00 bits per heavy atom. The highest BCUT2D eigenvalue weighted by atomic mass is 35.5. The Bertz CT molecular complexity index is 315. The lowest BCUT2D eigenvalue weighted by Gasteiger charge is -2.15. The van der Waals surface area contributed by atoms with E-state index in [0.29, 0.717) is 11.5 Å². The van der Waals surface area contributed by atoms with E-state index in [1.165, 1.54) is 6.07 Å². The first-order chi connectivity index (χ1) is 6.52. The van der Waals surface area contributed by atoms with Crippen molar-refractivity contribution in [1.29, 1.82) is 0 Å². The third-order valence-electron chi connectivity index (χ3n) is 2.11. The Labute approximate surface area is 101 Å². The highest BCUT2D eigenvalue weighted by Gasteiger charge is 2.13. The summed E-state index contributed by atoms with van der Waals surface area (Å²) in [5.41, 5.74) is 6.61. The molecular formula is C11H16Cl2FN. The summed E-state index contributed by atoms with van der Waals surface area (Å²) < 4.78 is 13.1. The summed E-state index contributed by atoms with van der Waals surface area (Å²) in [5.74, 6) is 0.0766. The summed E-state index contributed by atoms with van der Waals surface area (Å²) >= 11 is 5.82. The Morgan fingerprint density at radius 1 is 1.40 bits per heavy atom. The molecule has 0 heterocycles. The van der Waals surface area contributed by atoms with E-state index in [4.69, 9.17) is 17.3 Å².